The lowest BCUT2D eigenvalue weighted by Crippen LogP contribution is -2.29. The third-order valence-electron chi connectivity index (χ3n) is 1.97. The van der Waals surface area contributed by atoms with Gasteiger partial charge in [0.25, 0.3) is 0 Å². The van der Waals surface area contributed by atoms with Crippen molar-refractivity contribution in [2.75, 3.05) is 27.2 Å². The fourth-order valence-corrected chi connectivity index (χ4v) is 1.48. The van der Waals surface area contributed by atoms with Gasteiger partial charge in [-0.15, -0.1) is 0 Å². The van der Waals surface area contributed by atoms with Crippen LogP contribution in [0.2, 0.25) is 0 Å². The Kier molecular flexibility index (Phi) is 3.69. The first-order chi connectivity index (χ1) is 6.08. The summed E-state index contributed by atoms with van der Waals surface area (Å²) < 4.78 is 5.20. The number of hydrogen-bond acceptors (Lipinski definition) is 4. The van der Waals surface area contributed by atoms with Crippen molar-refractivity contribution in [3.63, 3.8) is 0 Å². The second kappa shape index (κ2) is 4.58. The first-order valence-electron chi connectivity index (χ1n) is 4.58. The topological polar surface area (TPSA) is 45.1 Å². The zero-order valence-electron chi connectivity index (χ0n) is 8.53. The SMILES string of the molecule is CC1=NC(CC(O)CN(C)C)CO1. The van der Waals surface area contributed by atoms with Gasteiger partial charge in [-0.3, -0.25) is 0 Å². The Morgan fingerprint density at radius 1 is 1.69 bits per heavy atom. The fraction of sp³-hybridized carbons (Fsp3) is 0.889. The molecule has 0 aromatic carbocycles. The number of nitrogens with zero attached hydrogens (tertiary/aromatic N) is 2. The molecule has 0 bridgehead atoms. The van der Waals surface area contributed by atoms with Crippen LogP contribution in [0.4, 0.5) is 0 Å². The summed E-state index contributed by atoms with van der Waals surface area (Å²) in [7, 11) is 3.89. The molecule has 2 atom stereocenters. The third kappa shape index (κ3) is 3.74. The second-order valence-electron chi connectivity index (χ2n) is 3.76. The van der Waals surface area contributed by atoms with Gasteiger partial charge in [0.1, 0.15) is 6.61 Å². The van der Waals surface area contributed by atoms with Crippen molar-refractivity contribution in [2.24, 2.45) is 4.99 Å². The quantitative estimate of drug-likeness (QED) is 0.678. The molecule has 0 radical (unpaired) electrons. The molecule has 0 saturated heterocycles. The molecule has 1 aliphatic heterocycles. The van der Waals surface area contributed by atoms with Crippen LogP contribution in [0.15, 0.2) is 4.99 Å². The maximum atomic E-state index is 9.60. The van der Waals surface area contributed by atoms with E-state index in [-0.39, 0.29) is 12.1 Å². The minimum Gasteiger partial charge on any atom is -0.479 e. The molecular formula is C9H18N2O2. The van der Waals surface area contributed by atoms with E-state index < -0.39 is 0 Å². The van der Waals surface area contributed by atoms with E-state index in [9.17, 15) is 5.11 Å². The Balaban J connectivity index is 2.24. The molecule has 0 amide bonds. The van der Waals surface area contributed by atoms with Gasteiger partial charge in [-0.05, 0) is 14.1 Å². The van der Waals surface area contributed by atoms with E-state index in [1.165, 1.54) is 0 Å². The normalized spacial score (nSPS) is 24.4. The van der Waals surface area contributed by atoms with E-state index in [1.54, 1.807) is 0 Å². The van der Waals surface area contributed by atoms with Crippen molar-refractivity contribution in [1.29, 1.82) is 0 Å². The van der Waals surface area contributed by atoms with E-state index in [1.807, 2.05) is 25.9 Å². The Morgan fingerprint density at radius 3 is 2.85 bits per heavy atom. The molecule has 4 heteroatoms. The number of aliphatic hydroxyl groups excluding tert-OH is 1. The molecule has 0 aromatic rings. The van der Waals surface area contributed by atoms with E-state index in [0.29, 0.717) is 19.6 Å². The van der Waals surface area contributed by atoms with Gasteiger partial charge >= 0.3 is 0 Å². The monoisotopic (exact) mass is 186 g/mol. The Morgan fingerprint density at radius 2 is 2.38 bits per heavy atom. The van der Waals surface area contributed by atoms with E-state index in [2.05, 4.69) is 4.99 Å². The zero-order chi connectivity index (χ0) is 9.84. The van der Waals surface area contributed by atoms with Crippen molar-refractivity contribution in [1.82, 2.24) is 4.90 Å². The lowest BCUT2D eigenvalue weighted by atomic mass is 10.1. The molecule has 2 unspecified atom stereocenters. The summed E-state index contributed by atoms with van der Waals surface area (Å²) in [5, 5.41) is 9.60. The highest BCUT2D eigenvalue weighted by Crippen LogP contribution is 2.10. The fourth-order valence-electron chi connectivity index (χ4n) is 1.48. The predicted molar refractivity (Wildman–Crippen MR) is 52.0 cm³/mol. The minimum absolute atomic E-state index is 0.148. The van der Waals surface area contributed by atoms with Crippen LogP contribution in [0.5, 0.6) is 0 Å². The molecule has 0 spiro atoms. The number of hydrogen-bond donors (Lipinski definition) is 1. The Labute approximate surface area is 79.2 Å². The van der Waals surface area contributed by atoms with Crippen molar-refractivity contribution < 1.29 is 9.84 Å². The average molecular weight is 186 g/mol. The van der Waals surface area contributed by atoms with Gasteiger partial charge in [0, 0.05) is 19.9 Å². The first kappa shape index (κ1) is 10.5. The lowest BCUT2D eigenvalue weighted by Gasteiger charge is -2.16. The maximum Gasteiger partial charge on any atom is 0.180 e. The number of aliphatic hydroxyl groups is 1. The van der Waals surface area contributed by atoms with Gasteiger partial charge in [0.2, 0.25) is 0 Å². The van der Waals surface area contributed by atoms with Gasteiger partial charge in [-0.1, -0.05) is 0 Å². The molecule has 1 N–H and O–H groups in total. The number of likely N-dealkylation sites (N-methyl/N-ethyl adjacent to an activating group) is 1. The van der Waals surface area contributed by atoms with Crippen LogP contribution in [0.3, 0.4) is 0 Å². The standard InChI is InChI=1S/C9H18N2O2/c1-7-10-8(6-13-7)4-9(12)5-11(2)3/h8-9,12H,4-6H2,1-3H3. The van der Waals surface area contributed by atoms with E-state index >= 15 is 0 Å². The molecule has 4 nitrogen and oxygen atoms in total. The second-order valence-corrected chi connectivity index (χ2v) is 3.76. The van der Waals surface area contributed by atoms with Crippen LogP contribution in [0.25, 0.3) is 0 Å². The molecule has 1 aliphatic rings. The molecule has 0 saturated carbocycles. The maximum absolute atomic E-state index is 9.60. The Hall–Kier alpha value is -0.610. The van der Waals surface area contributed by atoms with Gasteiger partial charge < -0.3 is 14.7 Å². The summed E-state index contributed by atoms with van der Waals surface area (Å²) in [4.78, 5) is 6.22. The van der Waals surface area contributed by atoms with Crippen LogP contribution in [0, 0.1) is 0 Å². The molecule has 0 aromatic heterocycles. The van der Waals surface area contributed by atoms with Gasteiger partial charge in [0.15, 0.2) is 5.90 Å². The van der Waals surface area contributed by atoms with Crippen molar-refractivity contribution in [3.05, 3.63) is 0 Å². The predicted octanol–water partition coefficient (Wildman–Crippen LogP) is 0.116. The van der Waals surface area contributed by atoms with Crippen molar-refractivity contribution >= 4 is 5.90 Å². The van der Waals surface area contributed by atoms with E-state index in [0.717, 1.165) is 5.90 Å². The third-order valence-corrected chi connectivity index (χ3v) is 1.97. The van der Waals surface area contributed by atoms with Gasteiger partial charge in [0.05, 0.1) is 12.1 Å². The zero-order valence-corrected chi connectivity index (χ0v) is 8.53. The molecule has 13 heavy (non-hydrogen) atoms. The van der Waals surface area contributed by atoms with Crippen LogP contribution in [0.1, 0.15) is 13.3 Å². The Bertz CT molecular complexity index is 192. The molecule has 0 aliphatic carbocycles. The van der Waals surface area contributed by atoms with Crippen LogP contribution < -0.4 is 0 Å². The number of ether oxygens (including phenoxy) is 1. The number of aliphatic imine (C=N–C) groups is 1. The summed E-state index contributed by atoms with van der Waals surface area (Å²) in [6, 6.07) is 0.148. The summed E-state index contributed by atoms with van der Waals surface area (Å²) >= 11 is 0. The molecular weight excluding hydrogens is 168 g/mol. The van der Waals surface area contributed by atoms with E-state index in [4.69, 9.17) is 4.74 Å². The molecule has 1 rings (SSSR count). The van der Waals surface area contributed by atoms with Gasteiger partial charge in [-0.25, -0.2) is 4.99 Å². The van der Waals surface area contributed by atoms with Crippen molar-refractivity contribution in [3.8, 4) is 0 Å². The van der Waals surface area contributed by atoms with Crippen LogP contribution in [-0.2, 0) is 4.74 Å². The molecule has 1 heterocycles. The molecule has 0 fully saturated rings. The highest BCUT2D eigenvalue weighted by molar-refractivity contribution is 5.74. The smallest absolute Gasteiger partial charge is 0.180 e. The van der Waals surface area contributed by atoms with Crippen LogP contribution >= 0.6 is 0 Å². The summed E-state index contributed by atoms with van der Waals surface area (Å²) in [5.41, 5.74) is 0. The summed E-state index contributed by atoms with van der Waals surface area (Å²) in [5.74, 6) is 0.738. The summed E-state index contributed by atoms with van der Waals surface area (Å²) in [6.45, 7) is 3.15. The average Bonchev–Trinajstić information content (AvgIpc) is 2.33. The first-order valence-corrected chi connectivity index (χ1v) is 4.58. The largest absolute Gasteiger partial charge is 0.479 e. The number of rotatable bonds is 4. The molecule has 76 valence electrons. The highest BCUT2D eigenvalue weighted by atomic mass is 16.5. The lowest BCUT2D eigenvalue weighted by molar-refractivity contribution is 0.117. The van der Waals surface area contributed by atoms with Gasteiger partial charge in [-0.2, -0.15) is 0 Å². The van der Waals surface area contributed by atoms with Crippen molar-refractivity contribution in [2.45, 2.75) is 25.5 Å². The minimum atomic E-state index is -0.307. The van der Waals surface area contributed by atoms with Crippen LogP contribution in [-0.4, -0.2) is 55.3 Å². The summed E-state index contributed by atoms with van der Waals surface area (Å²) in [6.07, 6.45) is 0.383. The highest BCUT2D eigenvalue weighted by Gasteiger charge is 2.19.